The van der Waals surface area contributed by atoms with Crippen molar-refractivity contribution in [3.8, 4) is 17.3 Å². The lowest BCUT2D eigenvalue weighted by Gasteiger charge is -2.34. The Labute approximate surface area is 168 Å². The summed E-state index contributed by atoms with van der Waals surface area (Å²) < 4.78 is 2.14. The zero-order chi connectivity index (χ0) is 20.1. The number of rotatable bonds is 5. The van der Waals surface area contributed by atoms with Gasteiger partial charge in [0.1, 0.15) is 0 Å². The summed E-state index contributed by atoms with van der Waals surface area (Å²) in [5, 5.41) is 9.44. The van der Waals surface area contributed by atoms with E-state index in [0.29, 0.717) is 5.57 Å². The van der Waals surface area contributed by atoms with Crippen LogP contribution in [0.4, 0.5) is 5.69 Å². The highest BCUT2D eigenvalue weighted by Gasteiger charge is 2.15. The summed E-state index contributed by atoms with van der Waals surface area (Å²) in [4.78, 5) is 4.81. The highest BCUT2D eigenvalue weighted by molar-refractivity contribution is 5.81. The van der Waals surface area contributed by atoms with Crippen LogP contribution in [0.5, 0.6) is 0 Å². The van der Waals surface area contributed by atoms with E-state index in [4.69, 9.17) is 0 Å². The molecule has 3 rings (SSSR count). The number of nitriles is 1. The van der Waals surface area contributed by atoms with Gasteiger partial charge in [-0.2, -0.15) is 5.26 Å². The molecule has 28 heavy (non-hydrogen) atoms. The van der Waals surface area contributed by atoms with Crippen LogP contribution < -0.4 is 4.90 Å². The number of benzene rings is 1. The fourth-order valence-corrected chi connectivity index (χ4v) is 3.67. The van der Waals surface area contributed by atoms with Gasteiger partial charge in [-0.05, 0) is 43.8 Å². The second-order valence-electron chi connectivity index (χ2n) is 7.14. The van der Waals surface area contributed by atoms with Crippen LogP contribution in [0.2, 0.25) is 0 Å². The van der Waals surface area contributed by atoms with Crippen molar-refractivity contribution >= 4 is 11.3 Å². The maximum absolute atomic E-state index is 9.44. The Hall–Kier alpha value is -3.03. The molecule has 0 N–H and O–H groups in total. The molecule has 4 heteroatoms. The zero-order valence-corrected chi connectivity index (χ0v) is 17.0. The number of hydrogen-bond acceptors (Lipinski definition) is 3. The van der Waals surface area contributed by atoms with E-state index >= 15 is 0 Å². The quantitative estimate of drug-likeness (QED) is 0.573. The molecule has 0 spiro atoms. The van der Waals surface area contributed by atoms with Gasteiger partial charge in [-0.15, -0.1) is 0 Å². The predicted octanol–water partition coefficient (Wildman–Crippen LogP) is 4.48. The van der Waals surface area contributed by atoms with Crippen molar-refractivity contribution in [1.29, 1.82) is 5.26 Å². The molecule has 0 aliphatic carbocycles. The zero-order valence-electron chi connectivity index (χ0n) is 17.0. The Kier molecular flexibility index (Phi) is 6.18. The topological polar surface area (TPSA) is 35.2 Å². The molecule has 1 aliphatic rings. The van der Waals surface area contributed by atoms with Gasteiger partial charge in [-0.25, -0.2) is 0 Å². The molecule has 0 unspecified atom stereocenters. The highest BCUT2D eigenvalue weighted by Crippen LogP contribution is 2.29. The molecule has 1 fully saturated rings. The summed E-state index contributed by atoms with van der Waals surface area (Å²) in [6.45, 7) is 10.1. The molecule has 0 radical (unpaired) electrons. The van der Waals surface area contributed by atoms with E-state index in [1.54, 1.807) is 6.08 Å². The lowest BCUT2D eigenvalue weighted by Crippen LogP contribution is -2.44. The van der Waals surface area contributed by atoms with E-state index in [9.17, 15) is 5.26 Å². The van der Waals surface area contributed by atoms with Crippen molar-refractivity contribution in [2.75, 3.05) is 38.1 Å². The van der Waals surface area contributed by atoms with Crippen LogP contribution >= 0.6 is 0 Å². The number of nitrogens with zero attached hydrogens (tertiary/aromatic N) is 4. The minimum Gasteiger partial charge on any atom is -0.369 e. The van der Waals surface area contributed by atoms with Gasteiger partial charge in [0.05, 0.1) is 11.6 Å². The molecular weight excluding hydrogens is 344 g/mol. The molecule has 1 aromatic heterocycles. The predicted molar refractivity (Wildman–Crippen MR) is 118 cm³/mol. The van der Waals surface area contributed by atoms with Gasteiger partial charge in [0, 0.05) is 55.9 Å². The van der Waals surface area contributed by atoms with E-state index in [-0.39, 0.29) is 0 Å². The van der Waals surface area contributed by atoms with E-state index in [2.05, 4.69) is 70.5 Å². The Morgan fingerprint density at radius 3 is 2.29 bits per heavy atom. The van der Waals surface area contributed by atoms with Gasteiger partial charge in [0.15, 0.2) is 0 Å². The minimum absolute atomic E-state index is 0.580. The van der Waals surface area contributed by atoms with Crippen molar-refractivity contribution in [3.63, 3.8) is 0 Å². The monoisotopic (exact) mass is 372 g/mol. The first kappa shape index (κ1) is 19.7. The fraction of sp³-hybridized carbons (Fsp3) is 0.292. The summed E-state index contributed by atoms with van der Waals surface area (Å²) >= 11 is 0. The minimum atomic E-state index is 0.580. The molecular formula is C24H28N4. The van der Waals surface area contributed by atoms with E-state index in [0.717, 1.165) is 43.1 Å². The summed E-state index contributed by atoms with van der Waals surface area (Å²) in [6.07, 6.45) is 5.54. The second kappa shape index (κ2) is 8.77. The van der Waals surface area contributed by atoms with Crippen LogP contribution in [0, 0.1) is 11.3 Å². The van der Waals surface area contributed by atoms with Crippen molar-refractivity contribution in [2.24, 2.45) is 7.05 Å². The average Bonchev–Trinajstić information content (AvgIpc) is 3.10. The second-order valence-corrected chi connectivity index (χ2v) is 7.14. The maximum atomic E-state index is 9.44. The van der Waals surface area contributed by atoms with Crippen LogP contribution in [-0.4, -0.2) is 42.7 Å². The number of anilines is 1. The standard InChI is InChI=1S/C24H28N4/c1-5-7-22(19(6-2)18-25)24-13-12-23(27(24)4)20-8-10-21(11-9-20)28-16-14-26(3)15-17-28/h5-13H,2,14-17H2,1,3-4H3/b7-5-,22-19-. The molecule has 2 heterocycles. The SMILES string of the molecule is C=C/C(C#N)=C(\C=C/C)c1ccc(-c2ccc(N3CCN(C)CC3)cc2)n1C. The lowest BCUT2D eigenvalue weighted by molar-refractivity contribution is 0.313. The third-order valence-electron chi connectivity index (χ3n) is 5.38. The summed E-state index contributed by atoms with van der Waals surface area (Å²) in [6, 6.07) is 15.2. The molecule has 0 amide bonds. The van der Waals surface area contributed by atoms with Crippen molar-refractivity contribution in [3.05, 3.63) is 72.5 Å². The molecule has 0 atom stereocenters. The third kappa shape index (κ3) is 3.95. The van der Waals surface area contributed by atoms with Gasteiger partial charge in [0.25, 0.3) is 0 Å². The molecule has 2 aromatic rings. The van der Waals surface area contributed by atoms with E-state index < -0.39 is 0 Å². The number of hydrogen-bond donors (Lipinski definition) is 0. The fourth-order valence-electron chi connectivity index (χ4n) is 3.67. The van der Waals surface area contributed by atoms with Crippen molar-refractivity contribution in [2.45, 2.75) is 6.92 Å². The van der Waals surface area contributed by atoms with Crippen molar-refractivity contribution < 1.29 is 0 Å². The van der Waals surface area contributed by atoms with Gasteiger partial charge in [0.2, 0.25) is 0 Å². The molecule has 4 nitrogen and oxygen atoms in total. The number of piperazine rings is 1. The molecule has 0 bridgehead atoms. The van der Waals surface area contributed by atoms with Gasteiger partial charge in [-0.1, -0.05) is 36.9 Å². The Balaban J connectivity index is 1.91. The Bertz CT molecular complexity index is 930. The van der Waals surface area contributed by atoms with Crippen LogP contribution in [0.15, 0.2) is 66.8 Å². The summed E-state index contributed by atoms with van der Waals surface area (Å²) in [5.74, 6) is 0. The first-order chi connectivity index (χ1) is 13.6. The first-order valence-corrected chi connectivity index (χ1v) is 9.68. The van der Waals surface area contributed by atoms with Crippen LogP contribution in [-0.2, 0) is 7.05 Å². The first-order valence-electron chi connectivity index (χ1n) is 9.68. The maximum Gasteiger partial charge on any atom is 0.0998 e. The number of likely N-dealkylation sites (N-methyl/N-ethyl adjacent to an activating group) is 1. The largest absolute Gasteiger partial charge is 0.369 e. The summed E-state index contributed by atoms with van der Waals surface area (Å²) in [5.41, 5.74) is 6.05. The molecule has 144 valence electrons. The Morgan fingerprint density at radius 1 is 1.04 bits per heavy atom. The molecule has 0 saturated carbocycles. The number of aromatic nitrogens is 1. The van der Waals surface area contributed by atoms with Gasteiger partial charge >= 0.3 is 0 Å². The normalized spacial score (nSPS) is 16.1. The summed E-state index contributed by atoms with van der Waals surface area (Å²) in [7, 11) is 4.22. The highest BCUT2D eigenvalue weighted by atomic mass is 15.2. The van der Waals surface area contributed by atoms with Crippen LogP contribution in [0.1, 0.15) is 12.6 Å². The number of allylic oxidation sites excluding steroid dienone is 5. The van der Waals surface area contributed by atoms with E-state index in [1.807, 2.05) is 26.1 Å². The molecule has 1 saturated heterocycles. The third-order valence-corrected chi connectivity index (χ3v) is 5.38. The van der Waals surface area contributed by atoms with Crippen LogP contribution in [0.25, 0.3) is 16.8 Å². The van der Waals surface area contributed by atoms with Gasteiger partial charge < -0.3 is 14.4 Å². The Morgan fingerprint density at radius 2 is 1.71 bits per heavy atom. The lowest BCUT2D eigenvalue weighted by atomic mass is 10.1. The molecule has 1 aliphatic heterocycles. The van der Waals surface area contributed by atoms with Gasteiger partial charge in [-0.3, -0.25) is 0 Å². The van der Waals surface area contributed by atoms with E-state index in [1.165, 1.54) is 11.3 Å². The van der Waals surface area contributed by atoms with Crippen molar-refractivity contribution in [1.82, 2.24) is 9.47 Å². The van der Waals surface area contributed by atoms with Crippen LogP contribution in [0.3, 0.4) is 0 Å². The average molecular weight is 373 g/mol. The smallest absolute Gasteiger partial charge is 0.0998 e. The molecule has 1 aromatic carbocycles.